The lowest BCUT2D eigenvalue weighted by molar-refractivity contribution is -0.131. The van der Waals surface area contributed by atoms with Crippen LogP contribution >= 0.6 is 0 Å². The summed E-state index contributed by atoms with van der Waals surface area (Å²) in [5, 5.41) is 11.1. The number of nitrogens with one attached hydrogen (secondary N) is 1. The van der Waals surface area contributed by atoms with Crippen LogP contribution < -0.4 is 5.32 Å². The van der Waals surface area contributed by atoms with Crippen LogP contribution in [0.5, 0.6) is 0 Å². The summed E-state index contributed by atoms with van der Waals surface area (Å²) in [5.74, 6) is -0.542. The molecule has 2 aromatic rings. The monoisotopic (exact) mass is 330 g/mol. The van der Waals surface area contributed by atoms with Gasteiger partial charge in [-0.2, -0.15) is 5.10 Å². The van der Waals surface area contributed by atoms with Gasteiger partial charge in [-0.15, -0.1) is 0 Å². The van der Waals surface area contributed by atoms with Crippen LogP contribution in [0.15, 0.2) is 35.6 Å². The fourth-order valence-corrected chi connectivity index (χ4v) is 2.66. The first-order valence-corrected chi connectivity index (χ1v) is 7.73. The second-order valence-electron chi connectivity index (χ2n) is 5.88. The van der Waals surface area contributed by atoms with E-state index in [4.69, 9.17) is 4.84 Å². The summed E-state index contributed by atoms with van der Waals surface area (Å²) >= 11 is 0. The van der Waals surface area contributed by atoms with Crippen molar-refractivity contribution in [2.24, 2.45) is 12.2 Å². The van der Waals surface area contributed by atoms with Gasteiger partial charge in [0, 0.05) is 24.7 Å². The molecule has 2 atom stereocenters. The van der Waals surface area contributed by atoms with E-state index >= 15 is 0 Å². The first-order valence-electron chi connectivity index (χ1n) is 7.73. The average Bonchev–Trinajstić information content (AvgIpc) is 3.16. The minimum atomic E-state index is -0.676. The van der Waals surface area contributed by atoms with Crippen molar-refractivity contribution in [2.75, 3.05) is 0 Å². The fraction of sp³-hybridized carbons (Fsp3) is 0.353. The zero-order chi connectivity index (χ0) is 17.3. The van der Waals surface area contributed by atoms with Gasteiger partial charge in [0.15, 0.2) is 0 Å². The molecule has 24 heavy (non-hydrogen) atoms. The maximum Gasteiger partial charge on any atom is 0.264 e. The molecule has 0 saturated heterocycles. The second-order valence-corrected chi connectivity index (χ2v) is 5.88. The van der Waals surface area contributed by atoms with E-state index in [1.165, 1.54) is 12.1 Å². The molecule has 0 unspecified atom stereocenters. The maximum atomic E-state index is 13.0. The molecule has 6 nitrogen and oxygen atoms in total. The first-order chi connectivity index (χ1) is 11.5. The summed E-state index contributed by atoms with van der Waals surface area (Å²) in [7, 11) is 1.86. The largest absolute Gasteiger partial charge is 0.382 e. The normalized spacial score (nSPS) is 18.0. The van der Waals surface area contributed by atoms with E-state index in [-0.39, 0.29) is 17.8 Å². The summed E-state index contributed by atoms with van der Waals surface area (Å²) in [4.78, 5) is 17.6. The van der Waals surface area contributed by atoms with Crippen LogP contribution in [0.25, 0.3) is 0 Å². The molecule has 1 aromatic heterocycles. The highest BCUT2D eigenvalue weighted by Crippen LogP contribution is 2.20. The minimum absolute atomic E-state index is 0.176. The molecule has 0 spiro atoms. The zero-order valence-electron chi connectivity index (χ0n) is 13.8. The number of aromatic nitrogens is 2. The van der Waals surface area contributed by atoms with E-state index in [9.17, 15) is 9.18 Å². The van der Waals surface area contributed by atoms with E-state index in [1.54, 1.807) is 23.0 Å². The smallest absolute Gasteiger partial charge is 0.264 e. The van der Waals surface area contributed by atoms with Gasteiger partial charge >= 0.3 is 0 Å². The summed E-state index contributed by atoms with van der Waals surface area (Å²) < 4.78 is 14.7. The van der Waals surface area contributed by atoms with Crippen molar-refractivity contribution < 1.29 is 14.0 Å². The Kier molecular flexibility index (Phi) is 4.33. The van der Waals surface area contributed by atoms with Crippen LogP contribution in [0.2, 0.25) is 0 Å². The third-order valence-corrected chi connectivity index (χ3v) is 4.24. The Hall–Kier alpha value is -2.70. The molecule has 3 rings (SSSR count). The molecular formula is C17H19FN4O2. The van der Waals surface area contributed by atoms with Crippen LogP contribution in [0.3, 0.4) is 0 Å². The van der Waals surface area contributed by atoms with Gasteiger partial charge in [0.25, 0.3) is 5.91 Å². The van der Waals surface area contributed by atoms with E-state index in [1.807, 2.05) is 20.9 Å². The molecule has 0 fully saturated rings. The lowest BCUT2D eigenvalue weighted by Gasteiger charge is -2.16. The van der Waals surface area contributed by atoms with Crippen molar-refractivity contribution in [3.05, 3.63) is 53.1 Å². The molecule has 1 aromatic carbocycles. The molecular weight excluding hydrogens is 311 g/mol. The van der Waals surface area contributed by atoms with E-state index in [0.717, 1.165) is 16.8 Å². The summed E-state index contributed by atoms with van der Waals surface area (Å²) in [6, 6.07) is 5.79. The Morgan fingerprint density at radius 2 is 2.12 bits per heavy atom. The third-order valence-electron chi connectivity index (χ3n) is 4.24. The van der Waals surface area contributed by atoms with Gasteiger partial charge in [0.2, 0.25) is 6.10 Å². The topological polar surface area (TPSA) is 68.5 Å². The predicted molar refractivity (Wildman–Crippen MR) is 86.9 cm³/mol. The van der Waals surface area contributed by atoms with Crippen LogP contribution in [0.4, 0.5) is 4.39 Å². The van der Waals surface area contributed by atoms with Gasteiger partial charge in [0.1, 0.15) is 5.82 Å². The summed E-state index contributed by atoms with van der Waals surface area (Å²) in [6.07, 6.45) is 1.43. The number of hydrogen-bond acceptors (Lipinski definition) is 4. The van der Waals surface area contributed by atoms with Crippen molar-refractivity contribution in [2.45, 2.75) is 32.4 Å². The fourth-order valence-electron chi connectivity index (χ4n) is 2.66. The zero-order valence-corrected chi connectivity index (χ0v) is 13.8. The van der Waals surface area contributed by atoms with E-state index in [2.05, 4.69) is 15.6 Å². The number of benzene rings is 1. The van der Waals surface area contributed by atoms with Crippen molar-refractivity contribution in [3.63, 3.8) is 0 Å². The number of amides is 1. The van der Waals surface area contributed by atoms with E-state index < -0.39 is 6.10 Å². The summed E-state index contributed by atoms with van der Waals surface area (Å²) in [6.45, 7) is 3.85. The van der Waals surface area contributed by atoms with Gasteiger partial charge in [-0.05, 0) is 31.5 Å². The Morgan fingerprint density at radius 3 is 2.75 bits per heavy atom. The molecule has 1 amide bonds. The van der Waals surface area contributed by atoms with Crippen LogP contribution in [-0.2, 0) is 16.7 Å². The molecule has 7 heteroatoms. The highest BCUT2D eigenvalue weighted by molar-refractivity contribution is 6.04. The van der Waals surface area contributed by atoms with Crippen LogP contribution in [-0.4, -0.2) is 27.5 Å². The lowest BCUT2D eigenvalue weighted by atomic mass is 10.0. The maximum absolute atomic E-state index is 13.0. The average molecular weight is 330 g/mol. The molecule has 0 saturated carbocycles. The Labute approximate surface area is 139 Å². The Bertz CT molecular complexity index is 782. The third kappa shape index (κ3) is 3.15. The van der Waals surface area contributed by atoms with Crippen molar-refractivity contribution in [3.8, 4) is 0 Å². The number of hydrogen-bond donors (Lipinski definition) is 1. The standard InChI is InChI=1S/C17H19FN4O2/c1-10(14-9-19-22(3)11(14)2)20-17(23)16-8-15(21-24-16)12-4-6-13(18)7-5-12/h4-7,9-10,16H,8H2,1-3H3,(H,20,23)/t10-,16-/m1/s1. The van der Waals surface area contributed by atoms with E-state index in [0.29, 0.717) is 12.1 Å². The van der Waals surface area contributed by atoms with Crippen molar-refractivity contribution >= 4 is 11.6 Å². The molecule has 0 aliphatic carbocycles. The Morgan fingerprint density at radius 1 is 1.42 bits per heavy atom. The van der Waals surface area contributed by atoms with Gasteiger partial charge in [-0.3, -0.25) is 9.48 Å². The number of nitrogens with zero attached hydrogens (tertiary/aromatic N) is 3. The van der Waals surface area contributed by atoms with Crippen molar-refractivity contribution in [1.82, 2.24) is 15.1 Å². The predicted octanol–water partition coefficient (Wildman–Crippen LogP) is 2.24. The molecule has 126 valence electrons. The van der Waals surface area contributed by atoms with Gasteiger partial charge in [0.05, 0.1) is 18.0 Å². The number of carbonyl (C=O) groups is 1. The first kappa shape index (κ1) is 16.2. The molecule has 0 radical (unpaired) electrons. The number of aryl methyl sites for hydroxylation is 1. The highest BCUT2D eigenvalue weighted by Gasteiger charge is 2.30. The molecule has 2 heterocycles. The number of halogens is 1. The lowest BCUT2D eigenvalue weighted by Crippen LogP contribution is -2.36. The van der Waals surface area contributed by atoms with Crippen LogP contribution in [0.1, 0.15) is 36.2 Å². The number of carbonyl (C=O) groups excluding carboxylic acids is 1. The molecule has 0 bridgehead atoms. The second kappa shape index (κ2) is 6.43. The van der Waals surface area contributed by atoms with Gasteiger partial charge in [-0.25, -0.2) is 4.39 Å². The Balaban J connectivity index is 1.61. The SMILES string of the molecule is Cc1c([C@@H](C)NC(=O)[C@H]2CC(c3ccc(F)cc3)=NO2)cnn1C. The molecule has 1 aliphatic rings. The highest BCUT2D eigenvalue weighted by atomic mass is 19.1. The quantitative estimate of drug-likeness (QED) is 0.935. The molecule has 1 aliphatic heterocycles. The number of oxime groups is 1. The minimum Gasteiger partial charge on any atom is -0.382 e. The summed E-state index contributed by atoms with van der Waals surface area (Å²) in [5.41, 5.74) is 3.35. The van der Waals surface area contributed by atoms with Crippen LogP contribution in [0, 0.1) is 12.7 Å². The van der Waals surface area contributed by atoms with Gasteiger partial charge < -0.3 is 10.2 Å². The number of rotatable bonds is 4. The molecule has 1 N–H and O–H groups in total. The van der Waals surface area contributed by atoms with Crippen molar-refractivity contribution in [1.29, 1.82) is 0 Å². The van der Waals surface area contributed by atoms with Gasteiger partial charge in [-0.1, -0.05) is 17.3 Å².